The van der Waals surface area contributed by atoms with Crippen molar-refractivity contribution in [2.24, 2.45) is 0 Å². The van der Waals surface area contributed by atoms with Crippen LogP contribution in [0.25, 0.3) is 0 Å². The lowest BCUT2D eigenvalue weighted by molar-refractivity contribution is -0.255. The molecule has 89 heavy (non-hydrogen) atoms. The van der Waals surface area contributed by atoms with E-state index in [0.717, 1.165) is 0 Å². The molecule has 1 aliphatic rings. The Kier molecular flexibility index (Phi) is 24.2. The Bertz CT molecular complexity index is 3480. The summed E-state index contributed by atoms with van der Waals surface area (Å²) in [4.78, 5) is 0. The number of phosphoric ester groups is 3. The van der Waals surface area contributed by atoms with Gasteiger partial charge in [0, 0.05) is 0 Å². The zero-order chi connectivity index (χ0) is 61.4. The van der Waals surface area contributed by atoms with E-state index in [-0.39, 0.29) is 59.5 Å². The molecule has 1 aliphatic carbocycles. The van der Waals surface area contributed by atoms with E-state index in [1.54, 1.807) is 67.8 Å². The maximum Gasteiger partial charge on any atom is 0.475 e. The number of benzene rings is 9. The number of ether oxygens (including phenoxy) is 4. The molecule has 6 atom stereocenters. The van der Waals surface area contributed by atoms with E-state index in [4.69, 9.17) is 59.7 Å². The average molecular weight is 1260 g/mol. The van der Waals surface area contributed by atoms with Crippen molar-refractivity contribution in [3.05, 3.63) is 317 Å². The summed E-state index contributed by atoms with van der Waals surface area (Å²) in [5.41, 5.74) is 5.89. The molecule has 0 bridgehead atoms. The molecule has 1 fully saturated rings. The van der Waals surface area contributed by atoms with Gasteiger partial charge < -0.3 is 18.9 Å². The minimum atomic E-state index is -4.99. The lowest BCUT2D eigenvalue weighted by Crippen LogP contribution is -2.67. The van der Waals surface area contributed by atoms with Crippen LogP contribution in [0.5, 0.6) is 5.75 Å². The normalized spacial score (nSPS) is 17.9. The second kappa shape index (κ2) is 33.2. The Morgan fingerprint density at radius 3 is 0.629 bits per heavy atom. The van der Waals surface area contributed by atoms with Gasteiger partial charge in [-0.05, 0) is 62.2 Å². The summed E-state index contributed by atoms with van der Waals surface area (Å²) < 4.78 is 135. The van der Waals surface area contributed by atoms with Gasteiger partial charge in [0.1, 0.15) is 42.4 Å². The third-order valence-electron chi connectivity index (χ3n) is 14.3. The van der Waals surface area contributed by atoms with Crippen LogP contribution in [0, 0.1) is 0 Å². The van der Waals surface area contributed by atoms with Crippen LogP contribution < -0.4 is 4.74 Å². The van der Waals surface area contributed by atoms with Gasteiger partial charge in [-0.15, -0.1) is 0 Å². The lowest BCUT2D eigenvalue weighted by Gasteiger charge is -2.50. The number of methoxy groups -OCH3 is 1. The molecule has 0 spiro atoms. The van der Waals surface area contributed by atoms with Crippen molar-refractivity contribution in [2.45, 2.75) is 96.1 Å². The third kappa shape index (κ3) is 20.0. The second-order valence-electron chi connectivity index (χ2n) is 20.8. The largest absolute Gasteiger partial charge is 0.497 e. The summed E-state index contributed by atoms with van der Waals surface area (Å²) in [6.07, 6.45) is -9.91. The minimum Gasteiger partial charge on any atom is -0.497 e. The van der Waals surface area contributed by atoms with Gasteiger partial charge in [0.25, 0.3) is 0 Å². The second-order valence-corrected chi connectivity index (χ2v) is 25.6. The first-order valence-corrected chi connectivity index (χ1v) is 33.5. The minimum absolute atomic E-state index is 0.137. The topological polar surface area (TPSA) is 171 Å². The molecule has 10 rings (SSSR count). The highest BCUT2D eigenvalue weighted by Crippen LogP contribution is 2.61. The molecule has 16 nitrogen and oxygen atoms in total. The molecular formula is C70H71O16P3. The molecule has 0 aliphatic heterocycles. The maximum atomic E-state index is 16.3. The molecule has 462 valence electrons. The van der Waals surface area contributed by atoms with E-state index in [0.29, 0.717) is 55.8 Å². The highest BCUT2D eigenvalue weighted by molar-refractivity contribution is 7.49. The van der Waals surface area contributed by atoms with Gasteiger partial charge in [0.2, 0.25) is 0 Å². The molecule has 0 N–H and O–H groups in total. The fourth-order valence-corrected chi connectivity index (χ4v) is 13.7. The molecule has 9 aromatic rings. The van der Waals surface area contributed by atoms with Crippen LogP contribution >= 0.6 is 23.5 Å². The smallest absolute Gasteiger partial charge is 0.475 e. The summed E-state index contributed by atoms with van der Waals surface area (Å²) in [6, 6.07) is 80.4. The van der Waals surface area contributed by atoms with Gasteiger partial charge in [-0.1, -0.05) is 255 Å². The van der Waals surface area contributed by atoms with Gasteiger partial charge in [0.05, 0.1) is 66.6 Å². The first kappa shape index (κ1) is 65.0. The Hall–Kier alpha value is -7.01. The van der Waals surface area contributed by atoms with E-state index in [1.807, 2.05) is 206 Å². The molecule has 0 saturated heterocycles. The highest BCUT2D eigenvalue weighted by Gasteiger charge is 2.61. The van der Waals surface area contributed by atoms with Crippen molar-refractivity contribution < 1.29 is 73.4 Å². The van der Waals surface area contributed by atoms with Crippen molar-refractivity contribution in [2.75, 3.05) is 7.11 Å². The standard InChI is InChI=1S/C70H71O16P3/c1-74-64-44-42-63(43-45-64)48-76-65-66(75-46-55-26-10-2-11-27-55)69(85-88(72,80-51-59-34-18-6-19-35-59)81-52-60-36-20-7-21-37-60)70(86-89(73,82-53-61-38-22-8-23-39-61)83-54-62-40-24-9-25-41-62)67(77-47-56-28-12-3-13-29-56)68(65)84-87(71,78-49-57-30-14-4-15-31-57)79-50-58-32-16-5-17-33-58/h2-45,65-70H,46-54H2,1H3/t65-,66+,67-,68+,69+,70+/m1/s1. The van der Waals surface area contributed by atoms with E-state index >= 15 is 13.7 Å². The average Bonchev–Trinajstić information content (AvgIpc) is 1.31. The molecule has 0 heterocycles. The van der Waals surface area contributed by atoms with Gasteiger partial charge in [-0.2, -0.15) is 0 Å². The van der Waals surface area contributed by atoms with Gasteiger partial charge in [-0.3, -0.25) is 40.7 Å². The van der Waals surface area contributed by atoms with E-state index in [1.165, 1.54) is 0 Å². The van der Waals surface area contributed by atoms with Crippen LogP contribution in [-0.2, 0) is 128 Å². The Balaban J connectivity index is 1.18. The zero-order valence-corrected chi connectivity index (χ0v) is 51.8. The van der Waals surface area contributed by atoms with Crippen LogP contribution in [-0.4, -0.2) is 43.7 Å². The van der Waals surface area contributed by atoms with Gasteiger partial charge in [0.15, 0.2) is 0 Å². The lowest BCUT2D eigenvalue weighted by atomic mass is 9.84. The van der Waals surface area contributed by atoms with Crippen LogP contribution in [0.4, 0.5) is 0 Å². The van der Waals surface area contributed by atoms with Crippen LogP contribution in [0.2, 0.25) is 0 Å². The molecule has 1 saturated carbocycles. The summed E-state index contributed by atoms with van der Waals surface area (Å²) in [6.45, 7) is -1.96. The first-order chi connectivity index (χ1) is 43.6. The Morgan fingerprint density at radius 1 is 0.236 bits per heavy atom. The number of rotatable bonds is 34. The summed E-state index contributed by atoms with van der Waals surface area (Å²) in [7, 11) is -13.3. The monoisotopic (exact) mass is 1260 g/mol. The quantitative estimate of drug-likeness (QED) is 0.0349. The third-order valence-corrected chi connectivity index (χ3v) is 18.4. The molecule has 9 aromatic carbocycles. The maximum absolute atomic E-state index is 16.3. The number of phosphoric acid groups is 3. The van der Waals surface area contributed by atoms with Crippen molar-refractivity contribution in [1.82, 2.24) is 0 Å². The van der Waals surface area contributed by atoms with Crippen molar-refractivity contribution in [3.8, 4) is 5.75 Å². The summed E-state index contributed by atoms with van der Waals surface area (Å²) in [5, 5.41) is 0. The van der Waals surface area contributed by atoms with E-state index in [9.17, 15) is 0 Å². The van der Waals surface area contributed by atoms with Crippen LogP contribution in [0.1, 0.15) is 50.1 Å². The molecule has 0 amide bonds. The van der Waals surface area contributed by atoms with Crippen molar-refractivity contribution >= 4 is 23.5 Å². The number of hydrogen-bond donors (Lipinski definition) is 0. The summed E-state index contributed by atoms with van der Waals surface area (Å²) >= 11 is 0. The first-order valence-electron chi connectivity index (χ1n) is 29.1. The number of hydrogen-bond acceptors (Lipinski definition) is 16. The molecule has 0 unspecified atom stereocenters. The Labute approximate surface area is 520 Å². The van der Waals surface area contributed by atoms with Gasteiger partial charge >= 0.3 is 23.5 Å². The zero-order valence-electron chi connectivity index (χ0n) is 49.1. The fraction of sp³-hybridized carbons (Fsp3) is 0.229. The molecule has 0 radical (unpaired) electrons. The predicted molar refractivity (Wildman–Crippen MR) is 336 cm³/mol. The molecule has 19 heteroatoms. The highest BCUT2D eigenvalue weighted by atomic mass is 31.2. The van der Waals surface area contributed by atoms with Crippen LogP contribution in [0.3, 0.4) is 0 Å². The van der Waals surface area contributed by atoms with Crippen molar-refractivity contribution in [3.63, 3.8) is 0 Å². The van der Waals surface area contributed by atoms with E-state index in [2.05, 4.69) is 0 Å². The SMILES string of the molecule is COc1ccc(CO[C@@H]2[C@H](OCc3ccccc3)[C@H](OP(=O)(OCc3ccccc3)OCc3ccccc3)[C@@H](OP(=O)(OCc3ccccc3)OCc3ccccc3)[C@H](OCc3ccccc3)[C@H]2OP(=O)(OCc2ccccc2)OCc2ccccc2)cc1. The van der Waals surface area contributed by atoms with Crippen LogP contribution in [0.15, 0.2) is 267 Å². The summed E-state index contributed by atoms with van der Waals surface area (Å²) in [5.74, 6) is 0.599. The van der Waals surface area contributed by atoms with Gasteiger partial charge in [-0.25, -0.2) is 13.7 Å². The van der Waals surface area contributed by atoms with E-state index < -0.39 is 60.1 Å². The predicted octanol–water partition coefficient (Wildman–Crippen LogP) is 16.5. The molecule has 0 aromatic heterocycles. The fourth-order valence-electron chi connectivity index (χ4n) is 9.61. The Morgan fingerprint density at radius 2 is 0.416 bits per heavy atom. The van der Waals surface area contributed by atoms with Crippen molar-refractivity contribution in [1.29, 1.82) is 0 Å². The molecular weight excluding hydrogens is 1190 g/mol.